The molecule has 1 atom stereocenters. The topological polar surface area (TPSA) is 12.9 Å². The van der Waals surface area contributed by atoms with Gasteiger partial charge in [0.15, 0.2) is 0 Å². The van der Waals surface area contributed by atoms with Gasteiger partial charge in [-0.25, -0.2) is 0 Å². The molecule has 0 saturated heterocycles. The molecule has 1 heterocycles. The van der Waals surface area contributed by atoms with Crippen LogP contribution in [0.1, 0.15) is 43.2 Å². The lowest BCUT2D eigenvalue weighted by atomic mass is 9.95. The number of fused-ring (bicyclic) bond motifs is 1. The van der Waals surface area contributed by atoms with Gasteiger partial charge in [-0.1, -0.05) is 24.8 Å². The van der Waals surface area contributed by atoms with Gasteiger partial charge in [0.05, 0.1) is 5.52 Å². The maximum Gasteiger partial charge on any atom is 0.0710 e. The SMILES string of the molecule is C=Cc1ccnc2cc(CC3CCC4(CC4)C3)ccc12. The van der Waals surface area contributed by atoms with Crippen molar-refractivity contribution >= 4 is 17.0 Å². The second-order valence-electron chi connectivity index (χ2n) is 6.77. The monoisotopic (exact) mass is 263 g/mol. The summed E-state index contributed by atoms with van der Waals surface area (Å²) in [4.78, 5) is 4.52. The van der Waals surface area contributed by atoms with Crippen molar-refractivity contribution in [1.29, 1.82) is 0 Å². The van der Waals surface area contributed by atoms with E-state index in [4.69, 9.17) is 0 Å². The van der Waals surface area contributed by atoms with Crippen molar-refractivity contribution in [2.75, 3.05) is 0 Å². The van der Waals surface area contributed by atoms with E-state index in [0.29, 0.717) is 0 Å². The van der Waals surface area contributed by atoms with Crippen molar-refractivity contribution in [1.82, 2.24) is 4.98 Å². The van der Waals surface area contributed by atoms with E-state index in [2.05, 4.69) is 29.8 Å². The molecule has 1 aromatic carbocycles. The van der Waals surface area contributed by atoms with Crippen LogP contribution in [0.15, 0.2) is 37.0 Å². The zero-order valence-corrected chi connectivity index (χ0v) is 11.9. The minimum absolute atomic E-state index is 0.787. The molecule has 2 aliphatic carbocycles. The van der Waals surface area contributed by atoms with Gasteiger partial charge in [-0.2, -0.15) is 0 Å². The van der Waals surface area contributed by atoms with Gasteiger partial charge in [-0.3, -0.25) is 4.98 Å². The van der Waals surface area contributed by atoms with Crippen LogP contribution >= 0.6 is 0 Å². The molecule has 0 amide bonds. The number of rotatable bonds is 3. The van der Waals surface area contributed by atoms with Crippen LogP contribution < -0.4 is 0 Å². The van der Waals surface area contributed by atoms with Crippen molar-refractivity contribution < 1.29 is 0 Å². The molecule has 4 rings (SSSR count). The smallest absolute Gasteiger partial charge is 0.0710 e. The van der Waals surface area contributed by atoms with Gasteiger partial charge < -0.3 is 0 Å². The Bertz CT molecular complexity index is 667. The number of nitrogens with zero attached hydrogens (tertiary/aromatic N) is 1. The molecule has 1 heteroatoms. The van der Waals surface area contributed by atoms with Gasteiger partial charge in [0.2, 0.25) is 0 Å². The van der Waals surface area contributed by atoms with Gasteiger partial charge in [0.1, 0.15) is 0 Å². The molecule has 1 aromatic heterocycles. The number of aromatic nitrogens is 1. The number of pyridine rings is 1. The molecule has 102 valence electrons. The molecule has 20 heavy (non-hydrogen) atoms. The minimum atomic E-state index is 0.787. The van der Waals surface area contributed by atoms with Gasteiger partial charge in [-0.05, 0) is 73.1 Å². The summed E-state index contributed by atoms with van der Waals surface area (Å²) in [6, 6.07) is 8.81. The lowest BCUT2D eigenvalue weighted by Gasteiger charge is -2.11. The fraction of sp³-hybridized carbons (Fsp3) is 0.421. The van der Waals surface area contributed by atoms with Crippen LogP contribution in [0.5, 0.6) is 0 Å². The second kappa shape index (κ2) is 4.44. The van der Waals surface area contributed by atoms with E-state index in [9.17, 15) is 0 Å². The average molecular weight is 263 g/mol. The third-order valence-electron chi connectivity index (χ3n) is 5.35. The van der Waals surface area contributed by atoms with Crippen LogP contribution in [0.4, 0.5) is 0 Å². The van der Waals surface area contributed by atoms with Gasteiger partial charge >= 0.3 is 0 Å². The molecular formula is C19H21N. The van der Waals surface area contributed by atoms with E-state index in [-0.39, 0.29) is 0 Å². The van der Waals surface area contributed by atoms with Crippen molar-refractivity contribution in [2.45, 2.75) is 38.5 Å². The highest BCUT2D eigenvalue weighted by atomic mass is 14.6. The molecular weight excluding hydrogens is 242 g/mol. The van der Waals surface area contributed by atoms with E-state index in [1.165, 1.54) is 55.0 Å². The van der Waals surface area contributed by atoms with Gasteiger partial charge in [-0.15, -0.1) is 0 Å². The minimum Gasteiger partial charge on any atom is -0.256 e. The first-order chi connectivity index (χ1) is 9.78. The zero-order chi connectivity index (χ0) is 13.6. The van der Waals surface area contributed by atoms with E-state index < -0.39 is 0 Å². The molecule has 2 fully saturated rings. The first-order valence-corrected chi connectivity index (χ1v) is 7.78. The fourth-order valence-corrected chi connectivity index (χ4v) is 3.99. The van der Waals surface area contributed by atoms with Crippen LogP contribution in [0.25, 0.3) is 17.0 Å². The van der Waals surface area contributed by atoms with Crippen LogP contribution in [-0.4, -0.2) is 4.98 Å². The number of hydrogen-bond donors (Lipinski definition) is 0. The Labute approximate surface area is 120 Å². The largest absolute Gasteiger partial charge is 0.256 e. The average Bonchev–Trinajstić information content (AvgIpc) is 3.11. The Morgan fingerprint density at radius 1 is 1.25 bits per heavy atom. The van der Waals surface area contributed by atoms with Crippen LogP contribution in [0.3, 0.4) is 0 Å². The van der Waals surface area contributed by atoms with Crippen LogP contribution in [0, 0.1) is 11.3 Å². The zero-order valence-electron chi connectivity index (χ0n) is 11.9. The van der Waals surface area contributed by atoms with Crippen molar-refractivity contribution in [3.63, 3.8) is 0 Å². The first-order valence-electron chi connectivity index (χ1n) is 7.78. The summed E-state index contributed by atoms with van der Waals surface area (Å²) in [7, 11) is 0. The maximum absolute atomic E-state index is 4.52. The van der Waals surface area contributed by atoms with Crippen molar-refractivity contribution in [2.24, 2.45) is 11.3 Å². The summed E-state index contributed by atoms with van der Waals surface area (Å²) in [6.07, 6.45) is 12.4. The summed E-state index contributed by atoms with van der Waals surface area (Å²) in [5, 5.41) is 1.22. The normalized spacial score (nSPS) is 23.3. The lowest BCUT2D eigenvalue weighted by molar-refractivity contribution is 0.477. The first kappa shape index (κ1) is 12.1. The quantitative estimate of drug-likeness (QED) is 0.759. The van der Waals surface area contributed by atoms with Crippen molar-refractivity contribution in [3.05, 3.63) is 48.2 Å². The molecule has 0 bridgehead atoms. The summed E-state index contributed by atoms with van der Waals surface area (Å²) < 4.78 is 0. The summed E-state index contributed by atoms with van der Waals surface area (Å²) >= 11 is 0. The fourth-order valence-electron chi connectivity index (χ4n) is 3.99. The van der Waals surface area contributed by atoms with Gasteiger partial charge in [0, 0.05) is 11.6 Å². The molecule has 2 aliphatic rings. The highest BCUT2D eigenvalue weighted by Crippen LogP contribution is 2.60. The summed E-state index contributed by atoms with van der Waals surface area (Å²) in [6.45, 7) is 3.88. The Kier molecular flexibility index (Phi) is 2.70. The maximum atomic E-state index is 4.52. The molecule has 1 nitrogen and oxygen atoms in total. The standard InChI is InChI=1S/C19H21N/c1-2-16-6-10-20-18-12-14(3-4-17(16)18)11-15-5-7-19(13-15)8-9-19/h2-4,6,10,12,15H,1,5,7-9,11,13H2. The lowest BCUT2D eigenvalue weighted by Crippen LogP contribution is -2.01. The third kappa shape index (κ3) is 2.06. The molecule has 0 aliphatic heterocycles. The second-order valence-corrected chi connectivity index (χ2v) is 6.77. The van der Waals surface area contributed by atoms with Gasteiger partial charge in [0.25, 0.3) is 0 Å². The highest BCUT2D eigenvalue weighted by Gasteiger charge is 2.47. The van der Waals surface area contributed by atoms with Crippen LogP contribution in [0.2, 0.25) is 0 Å². The summed E-state index contributed by atoms with van der Waals surface area (Å²) in [5.41, 5.74) is 4.53. The van der Waals surface area contributed by atoms with E-state index in [0.717, 1.165) is 16.8 Å². The third-order valence-corrected chi connectivity index (χ3v) is 5.35. The predicted octanol–water partition coefficient (Wildman–Crippen LogP) is 5.00. The molecule has 1 unspecified atom stereocenters. The Hall–Kier alpha value is -1.63. The molecule has 2 saturated carbocycles. The summed E-state index contributed by atoms with van der Waals surface area (Å²) in [5.74, 6) is 0.900. The van der Waals surface area contributed by atoms with E-state index >= 15 is 0 Å². The Balaban J connectivity index is 1.59. The highest BCUT2D eigenvalue weighted by molar-refractivity contribution is 5.87. The molecule has 0 radical (unpaired) electrons. The van der Waals surface area contributed by atoms with Crippen LogP contribution in [-0.2, 0) is 6.42 Å². The van der Waals surface area contributed by atoms with Crippen molar-refractivity contribution in [3.8, 4) is 0 Å². The molecule has 2 aromatic rings. The van der Waals surface area contributed by atoms with E-state index in [1.807, 2.05) is 18.3 Å². The van der Waals surface area contributed by atoms with E-state index in [1.54, 1.807) is 0 Å². The molecule has 1 spiro atoms. The molecule has 0 N–H and O–H groups in total. The Morgan fingerprint density at radius 2 is 2.15 bits per heavy atom. The predicted molar refractivity (Wildman–Crippen MR) is 84.5 cm³/mol. The number of benzene rings is 1. The number of hydrogen-bond acceptors (Lipinski definition) is 1. The Morgan fingerprint density at radius 3 is 2.90 bits per heavy atom.